The van der Waals surface area contributed by atoms with Gasteiger partial charge in [0.1, 0.15) is 19.0 Å². The molecule has 1 aromatic carbocycles. The van der Waals surface area contributed by atoms with Crippen LogP contribution >= 0.6 is 0 Å². The number of aryl methyl sites for hydroxylation is 1. The van der Waals surface area contributed by atoms with Gasteiger partial charge in [0.05, 0.1) is 0 Å². The topological polar surface area (TPSA) is 91.9 Å². The van der Waals surface area contributed by atoms with Crippen LogP contribution in [0.25, 0.3) is 0 Å². The van der Waals surface area contributed by atoms with Gasteiger partial charge in [-0.05, 0) is 26.0 Å². The molecular weight excluding hydrogens is 372 g/mol. The Hall–Kier alpha value is -3.23. The number of urea groups is 1. The van der Waals surface area contributed by atoms with E-state index in [4.69, 9.17) is 9.47 Å². The largest absolute Gasteiger partial charge is 0.486 e. The van der Waals surface area contributed by atoms with Crippen LogP contribution in [0.3, 0.4) is 0 Å². The summed E-state index contributed by atoms with van der Waals surface area (Å²) in [5.74, 6) is 2.90. The number of piperazine rings is 1. The molecule has 0 atom stereocenters. The first-order chi connectivity index (χ1) is 14.1. The molecule has 9 heteroatoms. The van der Waals surface area contributed by atoms with Crippen LogP contribution < -0.4 is 25.0 Å². The first-order valence-corrected chi connectivity index (χ1v) is 9.92. The number of fused-ring (bicyclic) bond motifs is 1. The molecule has 29 heavy (non-hydrogen) atoms. The molecule has 4 rings (SSSR count). The van der Waals surface area contributed by atoms with Gasteiger partial charge in [-0.1, -0.05) is 0 Å². The van der Waals surface area contributed by atoms with Crippen LogP contribution in [0.2, 0.25) is 0 Å². The molecule has 1 fully saturated rings. The Morgan fingerprint density at radius 1 is 1.07 bits per heavy atom. The van der Waals surface area contributed by atoms with Crippen LogP contribution in [0, 0.1) is 6.92 Å². The van der Waals surface area contributed by atoms with Gasteiger partial charge in [0, 0.05) is 56.2 Å². The normalized spacial score (nSPS) is 15.8. The second-order valence-electron chi connectivity index (χ2n) is 6.98. The summed E-state index contributed by atoms with van der Waals surface area (Å²) in [4.78, 5) is 25.6. The van der Waals surface area contributed by atoms with Crippen molar-refractivity contribution in [3.8, 4) is 11.5 Å². The number of anilines is 3. The summed E-state index contributed by atoms with van der Waals surface area (Å²) in [5.41, 5.74) is 1.62. The van der Waals surface area contributed by atoms with Crippen molar-refractivity contribution in [3.05, 3.63) is 30.0 Å². The lowest BCUT2D eigenvalue weighted by Gasteiger charge is -2.35. The highest BCUT2D eigenvalue weighted by atomic mass is 16.6. The van der Waals surface area contributed by atoms with E-state index >= 15 is 0 Å². The molecule has 0 bridgehead atoms. The summed E-state index contributed by atoms with van der Waals surface area (Å²) in [6.45, 7) is 8.50. The van der Waals surface area contributed by atoms with Gasteiger partial charge in [-0.25, -0.2) is 9.78 Å². The van der Waals surface area contributed by atoms with Crippen molar-refractivity contribution in [3.63, 3.8) is 0 Å². The van der Waals surface area contributed by atoms with Crippen LogP contribution in [0.4, 0.5) is 22.2 Å². The number of carbonyl (C=O) groups excluding carboxylic acids is 1. The first-order valence-electron chi connectivity index (χ1n) is 9.92. The van der Waals surface area contributed by atoms with E-state index in [1.54, 1.807) is 6.07 Å². The van der Waals surface area contributed by atoms with Crippen molar-refractivity contribution in [1.82, 2.24) is 14.9 Å². The summed E-state index contributed by atoms with van der Waals surface area (Å²) in [6, 6.07) is 7.31. The lowest BCUT2D eigenvalue weighted by molar-refractivity contribution is 0.171. The molecule has 0 radical (unpaired) electrons. The Kier molecular flexibility index (Phi) is 5.55. The molecule has 3 heterocycles. The quantitative estimate of drug-likeness (QED) is 0.817. The lowest BCUT2D eigenvalue weighted by Crippen LogP contribution is -2.50. The summed E-state index contributed by atoms with van der Waals surface area (Å²) >= 11 is 0. The van der Waals surface area contributed by atoms with E-state index in [1.165, 1.54) is 0 Å². The Balaban J connectivity index is 1.35. The maximum atomic E-state index is 12.7. The fourth-order valence-electron chi connectivity index (χ4n) is 3.41. The number of rotatable bonds is 4. The minimum absolute atomic E-state index is 0.117. The number of ether oxygens (including phenoxy) is 2. The van der Waals surface area contributed by atoms with Gasteiger partial charge >= 0.3 is 6.03 Å². The molecule has 0 spiro atoms. The Labute approximate surface area is 170 Å². The zero-order chi connectivity index (χ0) is 20.2. The zero-order valence-corrected chi connectivity index (χ0v) is 16.8. The maximum Gasteiger partial charge on any atom is 0.321 e. The second kappa shape index (κ2) is 8.42. The van der Waals surface area contributed by atoms with Crippen LogP contribution in [-0.2, 0) is 0 Å². The number of amides is 2. The molecule has 1 saturated heterocycles. The standard InChI is InChI=1S/C20H26N6O3/c1-3-21-19-22-14(2)12-18(24-19)25-6-8-26(9-7-25)20(27)23-15-4-5-16-17(13-15)29-11-10-28-16/h4-5,12-13H,3,6-11H2,1-2H3,(H,23,27)(H,21,22,24). The Bertz CT molecular complexity index is 883. The van der Waals surface area contributed by atoms with Crippen molar-refractivity contribution in [2.24, 2.45) is 0 Å². The van der Waals surface area contributed by atoms with Gasteiger partial charge in [-0.2, -0.15) is 4.98 Å². The maximum absolute atomic E-state index is 12.7. The average Bonchev–Trinajstić information content (AvgIpc) is 2.73. The van der Waals surface area contributed by atoms with E-state index in [1.807, 2.05) is 36.9 Å². The van der Waals surface area contributed by atoms with Crippen LogP contribution in [0.15, 0.2) is 24.3 Å². The van der Waals surface area contributed by atoms with Gasteiger partial charge in [0.2, 0.25) is 5.95 Å². The highest BCUT2D eigenvalue weighted by molar-refractivity contribution is 5.90. The Morgan fingerprint density at radius 3 is 2.59 bits per heavy atom. The third-order valence-corrected chi connectivity index (χ3v) is 4.86. The number of carbonyl (C=O) groups is 1. The second-order valence-corrected chi connectivity index (χ2v) is 6.98. The molecule has 154 valence electrons. The Morgan fingerprint density at radius 2 is 1.83 bits per heavy atom. The SMILES string of the molecule is CCNc1nc(C)cc(N2CCN(C(=O)Nc3ccc4c(c3)OCCO4)CC2)n1. The van der Waals surface area contributed by atoms with Crippen molar-refractivity contribution in [2.45, 2.75) is 13.8 Å². The molecule has 1 aromatic heterocycles. The van der Waals surface area contributed by atoms with Gasteiger partial charge in [0.25, 0.3) is 0 Å². The molecule has 2 aromatic rings. The minimum Gasteiger partial charge on any atom is -0.486 e. The average molecular weight is 398 g/mol. The number of benzene rings is 1. The van der Waals surface area contributed by atoms with E-state index in [2.05, 4.69) is 25.5 Å². The predicted octanol–water partition coefficient (Wildman–Crippen LogP) is 2.34. The summed E-state index contributed by atoms with van der Waals surface area (Å²) < 4.78 is 11.1. The summed E-state index contributed by atoms with van der Waals surface area (Å²) in [7, 11) is 0. The van der Waals surface area contributed by atoms with Gasteiger partial charge in [-0.3, -0.25) is 0 Å². The summed E-state index contributed by atoms with van der Waals surface area (Å²) in [5, 5.41) is 6.11. The fourth-order valence-corrected chi connectivity index (χ4v) is 3.41. The van der Waals surface area contributed by atoms with Gasteiger partial charge in [0.15, 0.2) is 11.5 Å². The number of hydrogen-bond acceptors (Lipinski definition) is 7. The monoisotopic (exact) mass is 398 g/mol. The van der Waals surface area contributed by atoms with E-state index in [-0.39, 0.29) is 6.03 Å². The van der Waals surface area contributed by atoms with Crippen molar-refractivity contribution >= 4 is 23.5 Å². The first kappa shape index (κ1) is 19.1. The molecule has 0 unspecified atom stereocenters. The molecular formula is C20H26N6O3. The zero-order valence-electron chi connectivity index (χ0n) is 16.8. The predicted molar refractivity (Wildman–Crippen MR) is 111 cm³/mol. The summed E-state index contributed by atoms with van der Waals surface area (Å²) in [6.07, 6.45) is 0. The number of hydrogen-bond donors (Lipinski definition) is 2. The molecule has 2 N–H and O–H groups in total. The third kappa shape index (κ3) is 4.44. The molecule has 2 amide bonds. The van der Waals surface area contributed by atoms with Crippen molar-refractivity contribution < 1.29 is 14.3 Å². The van der Waals surface area contributed by atoms with Gasteiger partial charge in [-0.15, -0.1) is 0 Å². The third-order valence-electron chi connectivity index (χ3n) is 4.86. The van der Waals surface area contributed by atoms with Crippen molar-refractivity contribution in [2.75, 3.05) is 61.5 Å². The number of nitrogens with one attached hydrogen (secondary N) is 2. The van der Waals surface area contributed by atoms with Gasteiger partial charge < -0.3 is 29.9 Å². The molecule has 0 saturated carbocycles. The minimum atomic E-state index is -0.117. The number of aromatic nitrogens is 2. The van der Waals surface area contributed by atoms with E-state index < -0.39 is 0 Å². The van der Waals surface area contributed by atoms with Crippen LogP contribution in [0.5, 0.6) is 11.5 Å². The highest BCUT2D eigenvalue weighted by Gasteiger charge is 2.23. The van der Waals surface area contributed by atoms with E-state index in [9.17, 15) is 4.79 Å². The van der Waals surface area contributed by atoms with Crippen LogP contribution in [0.1, 0.15) is 12.6 Å². The molecule has 9 nitrogen and oxygen atoms in total. The lowest BCUT2D eigenvalue weighted by atomic mass is 10.2. The van der Waals surface area contributed by atoms with E-state index in [0.29, 0.717) is 49.4 Å². The fraction of sp³-hybridized carbons (Fsp3) is 0.450. The smallest absolute Gasteiger partial charge is 0.321 e. The molecule has 0 aliphatic carbocycles. The van der Waals surface area contributed by atoms with E-state index in [0.717, 1.165) is 31.1 Å². The van der Waals surface area contributed by atoms with Crippen molar-refractivity contribution in [1.29, 1.82) is 0 Å². The number of nitrogens with zero attached hydrogens (tertiary/aromatic N) is 4. The molecule has 2 aliphatic rings. The molecule has 2 aliphatic heterocycles. The van der Waals surface area contributed by atoms with Crippen LogP contribution in [-0.4, -0.2) is 66.8 Å². The highest BCUT2D eigenvalue weighted by Crippen LogP contribution is 2.32.